The molecule has 0 spiro atoms. The zero-order valence-corrected chi connectivity index (χ0v) is 16.7. The zero-order chi connectivity index (χ0) is 18.5. The van der Waals surface area contributed by atoms with Crippen LogP contribution in [0.1, 0.15) is 12.8 Å². The number of carbonyl (C=O) groups is 1. The molecule has 1 fully saturated rings. The van der Waals surface area contributed by atoms with Gasteiger partial charge in [0.2, 0.25) is 5.91 Å². The van der Waals surface area contributed by atoms with Gasteiger partial charge in [0.25, 0.3) is 0 Å². The van der Waals surface area contributed by atoms with Crippen molar-refractivity contribution < 1.29 is 4.79 Å². The van der Waals surface area contributed by atoms with Gasteiger partial charge < -0.3 is 9.80 Å². The van der Waals surface area contributed by atoms with E-state index in [1.807, 2.05) is 47.5 Å². The second-order valence-electron chi connectivity index (χ2n) is 6.46. The highest BCUT2D eigenvalue weighted by molar-refractivity contribution is 8.01. The number of fused-ring (bicyclic) bond motifs is 1. The molecule has 1 saturated heterocycles. The molecular formula is C20H22N4OS2. The first-order chi connectivity index (χ1) is 13.3. The fraction of sp³-hybridized carbons (Fsp3) is 0.350. The lowest BCUT2D eigenvalue weighted by molar-refractivity contribution is -0.131. The Hall–Kier alpha value is -2.12. The number of amides is 1. The Balaban J connectivity index is 1.19. The molecule has 27 heavy (non-hydrogen) atoms. The van der Waals surface area contributed by atoms with Crippen molar-refractivity contribution in [3.05, 3.63) is 48.7 Å². The van der Waals surface area contributed by atoms with Crippen LogP contribution < -0.4 is 4.90 Å². The first kappa shape index (κ1) is 18.3. The van der Waals surface area contributed by atoms with Gasteiger partial charge in [-0.25, -0.2) is 9.97 Å². The number of carbonyl (C=O) groups excluding carboxylic acids is 1. The Morgan fingerprint density at radius 2 is 1.89 bits per heavy atom. The second kappa shape index (κ2) is 8.71. The Labute approximate surface area is 167 Å². The van der Waals surface area contributed by atoms with Gasteiger partial charge in [0, 0.05) is 44.5 Å². The highest BCUT2D eigenvalue weighted by atomic mass is 32.2. The fourth-order valence-electron chi connectivity index (χ4n) is 3.18. The van der Waals surface area contributed by atoms with E-state index in [2.05, 4.69) is 20.9 Å². The maximum atomic E-state index is 12.5. The molecule has 0 N–H and O–H groups in total. The average molecular weight is 399 g/mol. The molecule has 1 amide bonds. The molecule has 1 aliphatic heterocycles. The van der Waals surface area contributed by atoms with Crippen LogP contribution in [0, 0.1) is 0 Å². The lowest BCUT2D eigenvalue weighted by Gasteiger charge is -2.35. The van der Waals surface area contributed by atoms with Gasteiger partial charge in [0.1, 0.15) is 5.82 Å². The largest absolute Gasteiger partial charge is 0.353 e. The number of piperazine rings is 1. The topological polar surface area (TPSA) is 49.3 Å². The van der Waals surface area contributed by atoms with Crippen LogP contribution >= 0.6 is 23.1 Å². The summed E-state index contributed by atoms with van der Waals surface area (Å²) in [6.45, 7) is 3.26. The van der Waals surface area contributed by atoms with Gasteiger partial charge in [0.15, 0.2) is 4.34 Å². The highest BCUT2D eigenvalue weighted by Gasteiger charge is 2.21. The molecule has 0 aliphatic carbocycles. The van der Waals surface area contributed by atoms with Crippen molar-refractivity contribution in [1.82, 2.24) is 14.9 Å². The Bertz CT molecular complexity index is 858. The number of pyridine rings is 1. The predicted molar refractivity (Wildman–Crippen MR) is 113 cm³/mol. The van der Waals surface area contributed by atoms with E-state index in [1.165, 1.54) is 4.70 Å². The van der Waals surface area contributed by atoms with Crippen LogP contribution in [0.2, 0.25) is 0 Å². The van der Waals surface area contributed by atoms with Gasteiger partial charge in [-0.2, -0.15) is 0 Å². The van der Waals surface area contributed by atoms with Crippen molar-refractivity contribution >= 4 is 45.0 Å². The van der Waals surface area contributed by atoms with Crippen molar-refractivity contribution in [2.24, 2.45) is 0 Å². The van der Waals surface area contributed by atoms with Crippen LogP contribution in [-0.2, 0) is 4.79 Å². The Morgan fingerprint density at radius 3 is 2.67 bits per heavy atom. The maximum absolute atomic E-state index is 12.5. The number of nitrogens with zero attached hydrogens (tertiary/aromatic N) is 4. The van der Waals surface area contributed by atoms with Crippen LogP contribution in [0.15, 0.2) is 53.0 Å². The van der Waals surface area contributed by atoms with E-state index in [0.29, 0.717) is 6.42 Å². The molecule has 1 aliphatic rings. The normalized spacial score (nSPS) is 14.7. The Morgan fingerprint density at radius 1 is 1.07 bits per heavy atom. The van der Waals surface area contributed by atoms with Crippen LogP contribution in [0.3, 0.4) is 0 Å². The highest BCUT2D eigenvalue weighted by Crippen LogP contribution is 2.29. The number of thioether (sulfide) groups is 1. The standard InChI is InChI=1S/C20H22N4OS2/c25-19(24-13-11-23(12-14-24)18-8-3-4-10-21-18)9-5-15-26-20-22-16-6-1-2-7-17(16)27-20/h1-4,6-8,10H,5,9,11-15H2. The van der Waals surface area contributed by atoms with E-state index >= 15 is 0 Å². The molecule has 5 nitrogen and oxygen atoms in total. The molecule has 7 heteroatoms. The molecule has 0 unspecified atom stereocenters. The number of aromatic nitrogens is 2. The number of para-hydroxylation sites is 1. The number of anilines is 1. The number of rotatable bonds is 6. The van der Waals surface area contributed by atoms with E-state index in [9.17, 15) is 4.79 Å². The van der Waals surface area contributed by atoms with E-state index in [0.717, 1.165) is 54.0 Å². The molecule has 140 valence electrons. The molecule has 4 rings (SSSR count). The van der Waals surface area contributed by atoms with Crippen molar-refractivity contribution in [2.75, 3.05) is 36.8 Å². The summed E-state index contributed by atoms with van der Waals surface area (Å²) in [5, 5.41) is 0. The Kier molecular flexibility index (Phi) is 5.89. The van der Waals surface area contributed by atoms with Crippen LogP contribution in [0.5, 0.6) is 0 Å². The summed E-state index contributed by atoms with van der Waals surface area (Å²) in [7, 11) is 0. The fourth-order valence-corrected chi connectivity index (χ4v) is 5.26. The lowest BCUT2D eigenvalue weighted by atomic mass is 10.2. The quantitative estimate of drug-likeness (QED) is 0.465. The van der Waals surface area contributed by atoms with Crippen LogP contribution in [0.25, 0.3) is 10.2 Å². The molecule has 3 aromatic rings. The second-order valence-corrected chi connectivity index (χ2v) is 8.83. The molecule has 0 radical (unpaired) electrons. The van der Waals surface area contributed by atoms with Gasteiger partial charge in [-0.1, -0.05) is 30.0 Å². The summed E-state index contributed by atoms with van der Waals surface area (Å²) in [6, 6.07) is 14.2. The molecule has 0 atom stereocenters. The third-order valence-corrected chi connectivity index (χ3v) is 6.91. The summed E-state index contributed by atoms with van der Waals surface area (Å²) < 4.78 is 2.31. The third-order valence-electron chi connectivity index (χ3n) is 4.64. The van der Waals surface area contributed by atoms with Gasteiger partial charge in [0.05, 0.1) is 10.2 Å². The minimum atomic E-state index is 0.264. The number of hydrogen-bond donors (Lipinski definition) is 0. The first-order valence-electron chi connectivity index (χ1n) is 9.22. The molecule has 2 aromatic heterocycles. The summed E-state index contributed by atoms with van der Waals surface area (Å²) in [6.07, 6.45) is 3.32. The molecule has 0 bridgehead atoms. The summed E-state index contributed by atoms with van der Waals surface area (Å²) in [5.41, 5.74) is 1.06. The molecule has 1 aromatic carbocycles. The van der Waals surface area contributed by atoms with Crippen molar-refractivity contribution in [1.29, 1.82) is 0 Å². The lowest BCUT2D eigenvalue weighted by Crippen LogP contribution is -2.49. The monoisotopic (exact) mass is 398 g/mol. The first-order valence-corrected chi connectivity index (χ1v) is 11.0. The van der Waals surface area contributed by atoms with Crippen molar-refractivity contribution in [3.63, 3.8) is 0 Å². The van der Waals surface area contributed by atoms with E-state index in [1.54, 1.807) is 23.1 Å². The average Bonchev–Trinajstić information content (AvgIpc) is 3.15. The van der Waals surface area contributed by atoms with Gasteiger partial charge in [-0.3, -0.25) is 4.79 Å². The van der Waals surface area contributed by atoms with Crippen LogP contribution in [0.4, 0.5) is 5.82 Å². The maximum Gasteiger partial charge on any atom is 0.222 e. The zero-order valence-electron chi connectivity index (χ0n) is 15.1. The predicted octanol–water partition coefficient (Wildman–Crippen LogP) is 3.91. The van der Waals surface area contributed by atoms with Gasteiger partial charge in [-0.15, -0.1) is 11.3 Å². The van der Waals surface area contributed by atoms with E-state index < -0.39 is 0 Å². The number of benzene rings is 1. The summed E-state index contributed by atoms with van der Waals surface area (Å²) >= 11 is 3.48. The molecule has 0 saturated carbocycles. The third kappa shape index (κ3) is 4.59. The SMILES string of the molecule is O=C(CCCSc1nc2ccccc2s1)N1CCN(c2ccccn2)CC1. The van der Waals surface area contributed by atoms with Crippen molar-refractivity contribution in [2.45, 2.75) is 17.2 Å². The number of hydrogen-bond acceptors (Lipinski definition) is 6. The minimum absolute atomic E-state index is 0.264. The number of thiazole rings is 1. The molecule has 3 heterocycles. The van der Waals surface area contributed by atoms with E-state index in [-0.39, 0.29) is 5.91 Å². The summed E-state index contributed by atoms with van der Waals surface area (Å²) in [4.78, 5) is 25.7. The summed E-state index contributed by atoms with van der Waals surface area (Å²) in [5.74, 6) is 2.19. The molecular weight excluding hydrogens is 376 g/mol. The van der Waals surface area contributed by atoms with Crippen LogP contribution in [-0.4, -0.2) is 52.7 Å². The smallest absolute Gasteiger partial charge is 0.222 e. The van der Waals surface area contributed by atoms with Gasteiger partial charge in [-0.05, 0) is 30.7 Å². The van der Waals surface area contributed by atoms with Gasteiger partial charge >= 0.3 is 0 Å². The minimum Gasteiger partial charge on any atom is -0.353 e. The van der Waals surface area contributed by atoms with Crippen molar-refractivity contribution in [3.8, 4) is 0 Å². The van der Waals surface area contributed by atoms with E-state index in [4.69, 9.17) is 0 Å².